The third-order valence-electron chi connectivity index (χ3n) is 6.18. The molecular formula is C29H28Cl2N4O5S. The van der Waals surface area contributed by atoms with Crippen molar-refractivity contribution in [1.82, 2.24) is 15.1 Å². The summed E-state index contributed by atoms with van der Waals surface area (Å²) in [6.07, 6.45) is 0.556. The van der Waals surface area contributed by atoms with Crippen LogP contribution in [0.5, 0.6) is 17.2 Å². The molecule has 12 heteroatoms. The van der Waals surface area contributed by atoms with Crippen LogP contribution in [0.3, 0.4) is 0 Å². The summed E-state index contributed by atoms with van der Waals surface area (Å²) in [6, 6.07) is 17.7. The predicted octanol–water partition coefficient (Wildman–Crippen LogP) is 6.25. The lowest BCUT2D eigenvalue weighted by atomic mass is 10.1. The maximum Gasteiger partial charge on any atom is 0.255 e. The van der Waals surface area contributed by atoms with Crippen molar-refractivity contribution < 1.29 is 23.8 Å². The minimum absolute atomic E-state index is 0.0420. The third kappa shape index (κ3) is 7.87. The first-order chi connectivity index (χ1) is 19.8. The number of methoxy groups -OCH3 is 3. The average molecular weight is 616 g/mol. The zero-order valence-corrected chi connectivity index (χ0v) is 25.0. The zero-order chi connectivity index (χ0) is 29.4. The highest BCUT2D eigenvalue weighted by molar-refractivity contribution is 7.18. The van der Waals surface area contributed by atoms with Gasteiger partial charge in [0.25, 0.3) is 5.91 Å². The van der Waals surface area contributed by atoms with Gasteiger partial charge >= 0.3 is 0 Å². The maximum atomic E-state index is 13.5. The van der Waals surface area contributed by atoms with Crippen LogP contribution in [0, 0.1) is 0 Å². The highest BCUT2D eigenvalue weighted by Gasteiger charge is 2.21. The van der Waals surface area contributed by atoms with Crippen LogP contribution >= 0.6 is 34.5 Å². The van der Waals surface area contributed by atoms with Gasteiger partial charge in [0.05, 0.1) is 31.9 Å². The normalized spacial score (nSPS) is 10.7. The van der Waals surface area contributed by atoms with Crippen molar-refractivity contribution in [3.05, 3.63) is 81.8 Å². The van der Waals surface area contributed by atoms with Gasteiger partial charge in [-0.05, 0) is 66.6 Å². The molecule has 0 bridgehead atoms. The Bertz CT molecular complexity index is 1510. The molecule has 4 aromatic rings. The first-order valence-electron chi connectivity index (χ1n) is 12.5. The van der Waals surface area contributed by atoms with Gasteiger partial charge in [0.15, 0.2) is 11.5 Å². The molecule has 41 heavy (non-hydrogen) atoms. The molecule has 214 valence electrons. The van der Waals surface area contributed by atoms with Crippen LogP contribution < -0.4 is 19.5 Å². The molecule has 2 amide bonds. The Morgan fingerprint density at radius 3 is 2.32 bits per heavy atom. The van der Waals surface area contributed by atoms with Crippen LogP contribution in [0.2, 0.25) is 10.0 Å². The van der Waals surface area contributed by atoms with Crippen LogP contribution in [-0.2, 0) is 11.2 Å². The maximum absolute atomic E-state index is 13.5. The number of nitrogens with one attached hydrogen (secondary N) is 1. The monoisotopic (exact) mass is 614 g/mol. The molecule has 0 saturated heterocycles. The number of hydrogen-bond acceptors (Lipinski definition) is 8. The molecule has 0 aliphatic carbocycles. The summed E-state index contributed by atoms with van der Waals surface area (Å²) in [5.74, 6) is 1.33. The summed E-state index contributed by atoms with van der Waals surface area (Å²) in [5, 5.41) is 12.7. The van der Waals surface area contributed by atoms with Crippen molar-refractivity contribution in [2.45, 2.75) is 12.8 Å². The van der Waals surface area contributed by atoms with Crippen molar-refractivity contribution in [3.8, 4) is 27.8 Å². The first kappa shape index (κ1) is 30.1. The number of halogens is 2. The van der Waals surface area contributed by atoms with Crippen LogP contribution in [0.15, 0.2) is 60.7 Å². The third-order valence-corrected chi connectivity index (χ3v) is 7.62. The van der Waals surface area contributed by atoms with Gasteiger partial charge < -0.3 is 24.4 Å². The minimum Gasteiger partial charge on any atom is -0.497 e. The average Bonchev–Trinajstić information content (AvgIpc) is 3.45. The van der Waals surface area contributed by atoms with E-state index < -0.39 is 0 Å². The molecule has 0 radical (unpaired) electrons. The summed E-state index contributed by atoms with van der Waals surface area (Å²) in [4.78, 5) is 27.9. The second-order valence-corrected chi connectivity index (χ2v) is 10.6. The summed E-state index contributed by atoms with van der Waals surface area (Å²) in [5.41, 5.74) is 2.10. The summed E-state index contributed by atoms with van der Waals surface area (Å²) < 4.78 is 15.9. The number of aromatic nitrogens is 2. The van der Waals surface area contributed by atoms with E-state index in [4.69, 9.17) is 37.4 Å². The van der Waals surface area contributed by atoms with Crippen LogP contribution in [-0.4, -0.2) is 61.3 Å². The SMILES string of the molecule is COc1ccc(-c2nnc(NC(=O)CCN(CCc3ccc(OC)c(OC)c3)C(=O)c3ccc(Cl)cc3Cl)s2)cc1. The summed E-state index contributed by atoms with van der Waals surface area (Å²) >= 11 is 13.6. The van der Waals surface area contributed by atoms with Gasteiger partial charge in [0.2, 0.25) is 11.0 Å². The standard InChI is InChI=1S/C29H28Cl2N4O5S/c1-38-21-8-5-19(6-9-21)27-33-34-29(41-27)32-26(36)13-15-35(28(37)22-10-7-20(30)17-23(22)31)14-12-18-4-11-24(39-2)25(16-18)40-3/h4-11,16-17H,12-15H2,1-3H3,(H,32,34,36). The molecule has 9 nitrogen and oxygen atoms in total. The number of benzene rings is 3. The first-order valence-corrected chi connectivity index (χ1v) is 14.1. The Labute approximate surface area is 252 Å². The Morgan fingerprint density at radius 2 is 1.63 bits per heavy atom. The minimum atomic E-state index is -0.308. The molecule has 0 aliphatic heterocycles. The van der Waals surface area contributed by atoms with Crippen LogP contribution in [0.1, 0.15) is 22.3 Å². The van der Waals surface area contributed by atoms with Crippen LogP contribution in [0.4, 0.5) is 5.13 Å². The Balaban J connectivity index is 1.44. The Kier molecular flexibility index (Phi) is 10.4. The number of carbonyl (C=O) groups is 2. The molecule has 0 unspecified atom stereocenters. The van der Waals surface area contributed by atoms with Crippen LogP contribution in [0.25, 0.3) is 10.6 Å². The van der Waals surface area contributed by atoms with Crippen molar-refractivity contribution in [2.24, 2.45) is 0 Å². The topological polar surface area (TPSA) is 103 Å². The molecule has 0 atom stereocenters. The van der Waals surface area contributed by atoms with E-state index in [1.54, 1.807) is 38.4 Å². The smallest absolute Gasteiger partial charge is 0.255 e. The fourth-order valence-electron chi connectivity index (χ4n) is 3.99. The highest BCUT2D eigenvalue weighted by atomic mass is 35.5. The predicted molar refractivity (Wildman–Crippen MR) is 161 cm³/mol. The molecule has 3 aromatic carbocycles. The lowest BCUT2D eigenvalue weighted by molar-refractivity contribution is -0.116. The van der Waals surface area contributed by atoms with Gasteiger partial charge in [-0.3, -0.25) is 9.59 Å². The van der Waals surface area contributed by atoms with Crippen molar-refractivity contribution in [2.75, 3.05) is 39.7 Å². The Hall–Kier alpha value is -3.86. The van der Waals surface area contributed by atoms with E-state index in [-0.39, 0.29) is 29.8 Å². The van der Waals surface area contributed by atoms with E-state index in [1.165, 1.54) is 17.4 Å². The van der Waals surface area contributed by atoms with Gasteiger partial charge in [-0.15, -0.1) is 10.2 Å². The molecular weight excluding hydrogens is 587 g/mol. The summed E-state index contributed by atoms with van der Waals surface area (Å²) in [6.45, 7) is 0.488. The van der Waals surface area contributed by atoms with Gasteiger partial charge in [-0.2, -0.15) is 0 Å². The van der Waals surface area contributed by atoms with E-state index in [0.717, 1.165) is 16.9 Å². The number of ether oxygens (including phenoxy) is 3. The number of hydrogen-bond donors (Lipinski definition) is 1. The molecule has 0 fully saturated rings. The van der Waals surface area contributed by atoms with Gasteiger partial charge in [0, 0.05) is 30.1 Å². The quantitative estimate of drug-likeness (QED) is 0.201. The van der Waals surface area contributed by atoms with Crippen molar-refractivity contribution in [1.29, 1.82) is 0 Å². The molecule has 1 heterocycles. The van der Waals surface area contributed by atoms with Gasteiger partial charge in [-0.1, -0.05) is 40.6 Å². The number of nitrogens with zero attached hydrogens (tertiary/aromatic N) is 3. The second kappa shape index (κ2) is 14.2. The molecule has 0 saturated carbocycles. The molecule has 1 aromatic heterocycles. The fourth-order valence-corrected chi connectivity index (χ4v) is 5.25. The molecule has 0 spiro atoms. The van der Waals surface area contributed by atoms with E-state index in [0.29, 0.717) is 45.2 Å². The highest BCUT2D eigenvalue weighted by Crippen LogP contribution is 2.29. The second-order valence-electron chi connectivity index (χ2n) is 8.79. The summed E-state index contributed by atoms with van der Waals surface area (Å²) in [7, 11) is 4.74. The molecule has 1 N–H and O–H groups in total. The number of anilines is 1. The lowest BCUT2D eigenvalue weighted by Gasteiger charge is -2.23. The van der Waals surface area contributed by atoms with Crippen molar-refractivity contribution >= 4 is 51.5 Å². The van der Waals surface area contributed by atoms with Crippen molar-refractivity contribution in [3.63, 3.8) is 0 Å². The molecule has 4 rings (SSSR count). The van der Waals surface area contributed by atoms with E-state index in [1.807, 2.05) is 42.5 Å². The number of carbonyl (C=O) groups excluding carboxylic acids is 2. The largest absolute Gasteiger partial charge is 0.497 e. The zero-order valence-electron chi connectivity index (χ0n) is 22.6. The Morgan fingerprint density at radius 1 is 0.878 bits per heavy atom. The van der Waals surface area contributed by atoms with Gasteiger partial charge in [-0.25, -0.2) is 0 Å². The fraction of sp³-hybridized carbons (Fsp3) is 0.241. The van der Waals surface area contributed by atoms with E-state index >= 15 is 0 Å². The number of amides is 2. The van der Waals surface area contributed by atoms with E-state index in [9.17, 15) is 9.59 Å². The van der Waals surface area contributed by atoms with Gasteiger partial charge in [0.1, 0.15) is 10.8 Å². The molecule has 0 aliphatic rings. The van der Waals surface area contributed by atoms with E-state index in [2.05, 4.69) is 15.5 Å². The number of rotatable bonds is 12. The lowest BCUT2D eigenvalue weighted by Crippen LogP contribution is -2.35.